The molecule has 2 aromatic carbocycles. The third-order valence-electron chi connectivity index (χ3n) is 4.56. The number of nitrogens with one attached hydrogen (secondary N) is 1. The van der Waals surface area contributed by atoms with Gasteiger partial charge in [-0.25, -0.2) is 4.98 Å². The van der Waals surface area contributed by atoms with E-state index in [4.69, 9.17) is 4.98 Å². The van der Waals surface area contributed by atoms with Gasteiger partial charge in [-0.15, -0.1) is 0 Å². The van der Waals surface area contributed by atoms with Gasteiger partial charge in [0.05, 0.1) is 17.6 Å². The molecule has 2 heterocycles. The number of hydrogen-bond acceptors (Lipinski definition) is 3. The van der Waals surface area contributed by atoms with Crippen LogP contribution in [-0.2, 0) is 13.1 Å². The average Bonchev–Trinajstić information content (AvgIpc) is 2.98. The van der Waals surface area contributed by atoms with Crippen molar-refractivity contribution in [3.8, 4) is 0 Å². The van der Waals surface area contributed by atoms with Gasteiger partial charge in [0, 0.05) is 30.4 Å². The summed E-state index contributed by atoms with van der Waals surface area (Å²) in [6.45, 7) is 6.57. The maximum atomic E-state index is 12.2. The Morgan fingerprint density at radius 1 is 1.12 bits per heavy atom. The van der Waals surface area contributed by atoms with Crippen LogP contribution < -0.4 is 10.2 Å². The van der Waals surface area contributed by atoms with Gasteiger partial charge >= 0.3 is 0 Å². The molecule has 0 bridgehead atoms. The first kappa shape index (κ1) is 15.7. The Kier molecular flexibility index (Phi) is 3.92. The smallest absolute Gasteiger partial charge is 0.251 e. The van der Waals surface area contributed by atoms with Crippen molar-refractivity contribution < 1.29 is 4.79 Å². The van der Waals surface area contributed by atoms with Gasteiger partial charge in [0.1, 0.15) is 5.82 Å². The van der Waals surface area contributed by atoms with Gasteiger partial charge < -0.3 is 14.8 Å². The highest BCUT2D eigenvalue weighted by atomic mass is 16.1. The fourth-order valence-corrected chi connectivity index (χ4v) is 3.37. The average molecular weight is 334 g/mol. The van der Waals surface area contributed by atoms with Crippen LogP contribution in [0.25, 0.3) is 11.0 Å². The first-order chi connectivity index (χ1) is 12.1. The minimum Gasteiger partial charge on any atom is -0.362 e. The number of aromatic nitrogens is 2. The van der Waals surface area contributed by atoms with E-state index in [0.29, 0.717) is 5.56 Å². The molecule has 1 N–H and O–H groups in total. The van der Waals surface area contributed by atoms with Crippen LogP contribution >= 0.6 is 0 Å². The van der Waals surface area contributed by atoms with E-state index in [1.807, 2.05) is 38.1 Å². The topological polar surface area (TPSA) is 50.2 Å². The van der Waals surface area contributed by atoms with Crippen molar-refractivity contribution in [1.82, 2.24) is 14.9 Å². The number of nitrogens with zero attached hydrogens (tertiary/aromatic N) is 3. The Hall–Kier alpha value is -2.82. The van der Waals surface area contributed by atoms with E-state index in [0.717, 1.165) is 36.5 Å². The molecule has 1 aliphatic rings. The highest BCUT2D eigenvalue weighted by Gasteiger charge is 2.21. The van der Waals surface area contributed by atoms with Crippen LogP contribution in [-0.4, -0.2) is 28.0 Å². The van der Waals surface area contributed by atoms with Crippen LogP contribution in [0.5, 0.6) is 0 Å². The number of carbonyl (C=O) groups is 1. The number of hydrogen-bond donors (Lipinski definition) is 1. The van der Waals surface area contributed by atoms with Crippen molar-refractivity contribution in [2.45, 2.75) is 33.0 Å². The second-order valence-electron chi connectivity index (χ2n) is 6.77. The summed E-state index contributed by atoms with van der Waals surface area (Å²) in [7, 11) is 0. The van der Waals surface area contributed by atoms with E-state index in [-0.39, 0.29) is 11.9 Å². The molecule has 25 heavy (non-hydrogen) atoms. The summed E-state index contributed by atoms with van der Waals surface area (Å²) < 4.78 is 2.26. The predicted octanol–water partition coefficient (Wildman–Crippen LogP) is 3.19. The Morgan fingerprint density at radius 2 is 1.92 bits per heavy atom. The number of benzene rings is 2. The van der Waals surface area contributed by atoms with Gasteiger partial charge in [-0.2, -0.15) is 0 Å². The summed E-state index contributed by atoms with van der Waals surface area (Å²) in [5.41, 5.74) is 3.87. The quantitative estimate of drug-likeness (QED) is 0.800. The monoisotopic (exact) mass is 334 g/mol. The Morgan fingerprint density at radius 3 is 2.68 bits per heavy atom. The Balaban J connectivity index is 1.64. The van der Waals surface area contributed by atoms with Gasteiger partial charge in [0.2, 0.25) is 0 Å². The summed E-state index contributed by atoms with van der Waals surface area (Å²) in [6, 6.07) is 16.3. The summed E-state index contributed by atoms with van der Waals surface area (Å²) in [4.78, 5) is 19.4. The van der Waals surface area contributed by atoms with Crippen molar-refractivity contribution in [3.63, 3.8) is 0 Å². The first-order valence-corrected chi connectivity index (χ1v) is 8.72. The molecular weight excluding hydrogens is 312 g/mol. The minimum atomic E-state index is -0.0474. The molecule has 0 aliphatic carbocycles. The normalized spacial score (nSPS) is 14.0. The maximum Gasteiger partial charge on any atom is 0.251 e. The molecule has 1 aliphatic heterocycles. The zero-order valence-electron chi connectivity index (χ0n) is 14.6. The fourth-order valence-electron chi connectivity index (χ4n) is 3.37. The summed E-state index contributed by atoms with van der Waals surface area (Å²) >= 11 is 0. The van der Waals surface area contributed by atoms with Crippen molar-refractivity contribution in [2.75, 3.05) is 11.4 Å². The van der Waals surface area contributed by atoms with Crippen molar-refractivity contribution in [2.24, 2.45) is 0 Å². The molecule has 0 atom stereocenters. The van der Waals surface area contributed by atoms with E-state index >= 15 is 0 Å². The van der Waals surface area contributed by atoms with Gasteiger partial charge in [-0.05, 0) is 44.2 Å². The lowest BCUT2D eigenvalue weighted by Gasteiger charge is -2.29. The molecule has 1 amide bonds. The summed E-state index contributed by atoms with van der Waals surface area (Å²) in [5, 5.41) is 2.93. The molecule has 5 nitrogen and oxygen atoms in total. The van der Waals surface area contributed by atoms with Crippen molar-refractivity contribution >= 4 is 22.6 Å². The highest BCUT2D eigenvalue weighted by molar-refractivity contribution is 5.97. The lowest BCUT2D eigenvalue weighted by Crippen LogP contribution is -2.33. The van der Waals surface area contributed by atoms with Gasteiger partial charge in [-0.1, -0.05) is 18.2 Å². The molecule has 0 unspecified atom stereocenters. The number of imidazole rings is 1. The lowest BCUT2D eigenvalue weighted by molar-refractivity contribution is 0.0943. The molecule has 0 saturated carbocycles. The van der Waals surface area contributed by atoms with E-state index in [1.54, 1.807) is 0 Å². The van der Waals surface area contributed by atoms with Gasteiger partial charge in [-0.3, -0.25) is 4.79 Å². The van der Waals surface area contributed by atoms with E-state index in [2.05, 4.69) is 39.0 Å². The third kappa shape index (κ3) is 2.97. The van der Waals surface area contributed by atoms with Crippen LogP contribution in [0.1, 0.15) is 30.0 Å². The van der Waals surface area contributed by atoms with E-state index in [1.165, 1.54) is 5.69 Å². The number of para-hydroxylation sites is 1. The van der Waals surface area contributed by atoms with Crippen LogP contribution in [0.4, 0.5) is 5.69 Å². The molecule has 0 spiro atoms. The number of fused-ring (bicyclic) bond motifs is 3. The number of anilines is 1. The second-order valence-corrected chi connectivity index (χ2v) is 6.77. The molecule has 0 fully saturated rings. The molecule has 5 heteroatoms. The molecule has 1 aromatic heterocycles. The standard InChI is InChI=1S/C20H22N4O/c1-14(2)21-20(25)15-8-9-18-17(12-15)22-19-13-23(10-11-24(18)19)16-6-4-3-5-7-16/h3-9,12,14H,10-11,13H2,1-2H3,(H,21,25). The zero-order chi connectivity index (χ0) is 17.4. The van der Waals surface area contributed by atoms with Gasteiger partial charge in [0.25, 0.3) is 5.91 Å². The number of carbonyl (C=O) groups excluding carboxylic acids is 1. The Bertz CT molecular complexity index is 914. The summed E-state index contributed by atoms with van der Waals surface area (Å²) in [5.74, 6) is 1.00. The zero-order valence-corrected chi connectivity index (χ0v) is 14.6. The third-order valence-corrected chi connectivity index (χ3v) is 4.56. The van der Waals surface area contributed by atoms with Crippen molar-refractivity contribution in [1.29, 1.82) is 0 Å². The molecule has 4 rings (SSSR count). The number of amides is 1. The van der Waals surface area contributed by atoms with Crippen molar-refractivity contribution in [3.05, 3.63) is 59.9 Å². The lowest BCUT2D eigenvalue weighted by atomic mass is 10.1. The Labute approximate surface area is 147 Å². The van der Waals surface area contributed by atoms with Crippen LogP contribution in [0.3, 0.4) is 0 Å². The number of rotatable bonds is 3. The minimum absolute atomic E-state index is 0.0474. The summed E-state index contributed by atoms with van der Waals surface area (Å²) in [6.07, 6.45) is 0. The van der Waals surface area contributed by atoms with Gasteiger partial charge in [0.15, 0.2) is 0 Å². The largest absolute Gasteiger partial charge is 0.362 e. The fraction of sp³-hybridized carbons (Fsp3) is 0.300. The molecular formula is C20H22N4O. The SMILES string of the molecule is CC(C)NC(=O)c1ccc2c(c1)nc1n2CCN(c2ccccc2)C1. The van der Waals surface area contributed by atoms with E-state index in [9.17, 15) is 4.79 Å². The predicted molar refractivity (Wildman–Crippen MR) is 99.8 cm³/mol. The molecule has 0 saturated heterocycles. The molecule has 3 aromatic rings. The first-order valence-electron chi connectivity index (χ1n) is 8.72. The molecule has 128 valence electrons. The maximum absolute atomic E-state index is 12.2. The highest BCUT2D eigenvalue weighted by Crippen LogP contribution is 2.25. The second kappa shape index (κ2) is 6.24. The molecule has 0 radical (unpaired) electrons. The van der Waals surface area contributed by atoms with Crippen LogP contribution in [0, 0.1) is 0 Å². The van der Waals surface area contributed by atoms with Crippen LogP contribution in [0.15, 0.2) is 48.5 Å². The van der Waals surface area contributed by atoms with Crippen LogP contribution in [0.2, 0.25) is 0 Å². The van der Waals surface area contributed by atoms with E-state index < -0.39 is 0 Å².